The van der Waals surface area contributed by atoms with Gasteiger partial charge in [-0.1, -0.05) is 30.3 Å². The summed E-state index contributed by atoms with van der Waals surface area (Å²) < 4.78 is 34.6. The molecule has 140 valence electrons. The highest BCUT2D eigenvalue weighted by Crippen LogP contribution is 2.21. The summed E-state index contributed by atoms with van der Waals surface area (Å²) in [5.74, 6) is 0.233. The minimum Gasteiger partial charge on any atom is -0.497 e. The third kappa shape index (κ3) is 4.35. The lowest BCUT2D eigenvalue weighted by molar-refractivity contribution is -0.112. The molecule has 0 aliphatic carbocycles. The van der Waals surface area contributed by atoms with Crippen molar-refractivity contribution in [2.45, 2.75) is 13.5 Å². The van der Waals surface area contributed by atoms with E-state index in [0.717, 1.165) is 9.87 Å². The van der Waals surface area contributed by atoms with Crippen LogP contribution >= 0.6 is 0 Å². The Hall–Kier alpha value is -3.13. The number of hydrogen-bond donors (Lipinski definition) is 1. The number of nitrogens with zero attached hydrogens (tertiary/aromatic N) is 2. The zero-order valence-corrected chi connectivity index (χ0v) is 15.7. The van der Waals surface area contributed by atoms with Crippen LogP contribution in [0.1, 0.15) is 12.5 Å². The second-order valence-corrected chi connectivity index (χ2v) is 7.46. The predicted molar refractivity (Wildman–Crippen MR) is 104 cm³/mol. The van der Waals surface area contributed by atoms with Crippen molar-refractivity contribution in [3.63, 3.8) is 0 Å². The summed E-state index contributed by atoms with van der Waals surface area (Å²) in [6.45, 7) is 1.59. The Balaban J connectivity index is 1.83. The molecular weight excluding hydrogens is 366 g/mol. The van der Waals surface area contributed by atoms with E-state index in [4.69, 9.17) is 4.74 Å². The molecule has 0 unspecified atom stereocenters. The van der Waals surface area contributed by atoms with Gasteiger partial charge in [-0.05, 0) is 36.8 Å². The molecule has 1 heterocycles. The first-order valence-corrected chi connectivity index (χ1v) is 9.58. The van der Waals surface area contributed by atoms with E-state index in [-0.39, 0.29) is 17.8 Å². The number of nitrogens with one attached hydrogen (secondary N) is 1. The maximum Gasteiger partial charge on any atom is 0.344 e. The summed E-state index contributed by atoms with van der Waals surface area (Å²) in [7, 11) is -2.31. The van der Waals surface area contributed by atoms with Crippen molar-refractivity contribution in [1.82, 2.24) is 4.31 Å². The van der Waals surface area contributed by atoms with Gasteiger partial charge in [0.05, 0.1) is 24.9 Å². The largest absolute Gasteiger partial charge is 0.497 e. The second-order valence-electron chi connectivity index (χ2n) is 5.91. The quantitative estimate of drug-likeness (QED) is 0.857. The molecule has 1 aliphatic rings. The molecule has 3 rings (SSSR count). The van der Waals surface area contributed by atoms with Crippen LogP contribution in [0.5, 0.6) is 5.75 Å². The number of methoxy groups -OCH3 is 1. The Labute approximate surface area is 158 Å². The average Bonchev–Trinajstić information content (AvgIpc) is 2.65. The van der Waals surface area contributed by atoms with Crippen molar-refractivity contribution in [3.05, 3.63) is 71.9 Å². The van der Waals surface area contributed by atoms with Gasteiger partial charge in [0.2, 0.25) is 0 Å². The van der Waals surface area contributed by atoms with E-state index < -0.39 is 16.1 Å². The fraction of sp³-hybridized carbons (Fsp3) is 0.158. The van der Waals surface area contributed by atoms with Gasteiger partial charge in [-0.2, -0.15) is 8.42 Å². The molecule has 1 aliphatic heterocycles. The number of rotatable bonds is 5. The topological polar surface area (TPSA) is 88.1 Å². The molecule has 0 bridgehead atoms. The molecule has 0 fully saturated rings. The maximum absolute atomic E-state index is 12.6. The molecule has 1 N–H and O–H groups in total. The lowest BCUT2D eigenvalue weighted by Crippen LogP contribution is -2.32. The van der Waals surface area contributed by atoms with Gasteiger partial charge in [-0.25, -0.2) is 0 Å². The van der Waals surface area contributed by atoms with Gasteiger partial charge in [0.25, 0.3) is 5.91 Å². The molecule has 27 heavy (non-hydrogen) atoms. The number of anilines is 1. The summed E-state index contributed by atoms with van der Waals surface area (Å²) in [5, 5.41) is 2.74. The van der Waals surface area contributed by atoms with Crippen LogP contribution < -0.4 is 10.1 Å². The summed E-state index contributed by atoms with van der Waals surface area (Å²) in [6, 6.07) is 16.0. The van der Waals surface area contributed by atoms with Crippen molar-refractivity contribution >= 4 is 27.5 Å². The van der Waals surface area contributed by atoms with Crippen LogP contribution in [-0.4, -0.2) is 31.5 Å². The van der Waals surface area contributed by atoms with Crippen LogP contribution in [0.15, 0.2) is 70.8 Å². The molecule has 0 radical (unpaired) electrons. The minimum absolute atomic E-state index is 0.0965. The molecule has 8 heteroatoms. The van der Waals surface area contributed by atoms with Crippen LogP contribution in [0.4, 0.5) is 5.69 Å². The Morgan fingerprint density at radius 2 is 1.78 bits per heavy atom. The van der Waals surface area contributed by atoms with E-state index >= 15 is 0 Å². The third-order valence-corrected chi connectivity index (χ3v) is 5.32. The van der Waals surface area contributed by atoms with Gasteiger partial charge in [0, 0.05) is 11.9 Å². The number of carbonyl (C=O) groups is 1. The van der Waals surface area contributed by atoms with E-state index in [0.29, 0.717) is 11.4 Å². The smallest absolute Gasteiger partial charge is 0.344 e. The Kier molecular flexibility index (Phi) is 5.27. The third-order valence-electron chi connectivity index (χ3n) is 3.99. The monoisotopic (exact) mass is 385 g/mol. The Morgan fingerprint density at radius 3 is 2.41 bits per heavy atom. The molecule has 0 saturated heterocycles. The normalized spacial score (nSPS) is 15.6. The maximum atomic E-state index is 12.6. The van der Waals surface area contributed by atoms with Gasteiger partial charge in [-0.3, -0.25) is 9.10 Å². The van der Waals surface area contributed by atoms with Gasteiger partial charge in [-0.15, -0.1) is 4.40 Å². The van der Waals surface area contributed by atoms with Crippen molar-refractivity contribution in [3.8, 4) is 5.75 Å². The van der Waals surface area contributed by atoms with Crippen LogP contribution in [0.3, 0.4) is 0 Å². The molecule has 2 aromatic carbocycles. The molecule has 0 saturated carbocycles. The molecule has 7 nitrogen and oxygen atoms in total. The van der Waals surface area contributed by atoms with E-state index in [2.05, 4.69) is 9.71 Å². The second kappa shape index (κ2) is 7.63. The molecule has 0 spiro atoms. The minimum atomic E-state index is -3.87. The van der Waals surface area contributed by atoms with E-state index in [1.54, 1.807) is 31.4 Å². The Bertz CT molecular complexity index is 997. The Morgan fingerprint density at radius 1 is 1.11 bits per heavy atom. The molecule has 1 amide bonds. The number of ether oxygens (including phenoxy) is 1. The molecule has 2 aromatic rings. The number of carbonyl (C=O) groups excluding carboxylic acids is 1. The average molecular weight is 385 g/mol. The fourth-order valence-electron chi connectivity index (χ4n) is 2.56. The van der Waals surface area contributed by atoms with Crippen molar-refractivity contribution in [1.29, 1.82) is 0 Å². The van der Waals surface area contributed by atoms with Gasteiger partial charge >= 0.3 is 10.2 Å². The van der Waals surface area contributed by atoms with Crippen molar-refractivity contribution in [2.24, 2.45) is 4.40 Å². The van der Waals surface area contributed by atoms with Crippen LogP contribution in [0.2, 0.25) is 0 Å². The van der Waals surface area contributed by atoms with E-state index in [1.165, 1.54) is 13.1 Å². The predicted octanol–water partition coefficient (Wildman–Crippen LogP) is 2.74. The van der Waals surface area contributed by atoms with E-state index in [1.807, 2.05) is 30.3 Å². The first-order chi connectivity index (χ1) is 12.9. The summed E-state index contributed by atoms with van der Waals surface area (Å²) in [4.78, 5) is 12.6. The summed E-state index contributed by atoms with van der Waals surface area (Å²) in [5.41, 5.74) is 1.70. The van der Waals surface area contributed by atoms with Crippen LogP contribution in [-0.2, 0) is 21.5 Å². The molecule has 0 atom stereocenters. The summed E-state index contributed by atoms with van der Waals surface area (Å²) >= 11 is 0. The van der Waals surface area contributed by atoms with E-state index in [9.17, 15) is 13.2 Å². The molecule has 0 aromatic heterocycles. The SMILES string of the molecule is COc1ccc(NC(=O)C2=CN(Cc3ccccc3)S(=O)(=O)N=C2C)cc1. The zero-order chi connectivity index (χ0) is 19.4. The van der Waals surface area contributed by atoms with Crippen LogP contribution in [0, 0.1) is 0 Å². The first-order valence-electron chi connectivity index (χ1n) is 8.19. The fourth-order valence-corrected chi connectivity index (χ4v) is 3.67. The highest BCUT2D eigenvalue weighted by molar-refractivity contribution is 7.88. The summed E-state index contributed by atoms with van der Waals surface area (Å²) in [6.07, 6.45) is 1.32. The number of amides is 1. The van der Waals surface area contributed by atoms with Gasteiger partial charge < -0.3 is 10.1 Å². The van der Waals surface area contributed by atoms with Crippen molar-refractivity contribution in [2.75, 3.05) is 12.4 Å². The standard InChI is InChI=1S/C19H19N3O4S/c1-14-18(19(23)20-16-8-10-17(26-2)11-9-16)13-22(27(24,25)21-14)12-15-6-4-3-5-7-15/h3-11,13H,12H2,1-2H3,(H,20,23). The lowest BCUT2D eigenvalue weighted by atomic mass is 10.1. The first kappa shape index (κ1) is 18.7. The van der Waals surface area contributed by atoms with Crippen LogP contribution in [0.25, 0.3) is 0 Å². The number of hydrogen-bond acceptors (Lipinski definition) is 4. The highest BCUT2D eigenvalue weighted by atomic mass is 32.2. The number of benzene rings is 2. The van der Waals surface area contributed by atoms with Crippen molar-refractivity contribution < 1.29 is 17.9 Å². The highest BCUT2D eigenvalue weighted by Gasteiger charge is 2.28. The molecular formula is C19H19N3O4S. The van der Waals surface area contributed by atoms with Gasteiger partial charge in [0.1, 0.15) is 5.75 Å². The van der Waals surface area contributed by atoms with Gasteiger partial charge in [0.15, 0.2) is 0 Å². The zero-order valence-electron chi connectivity index (χ0n) is 14.9. The lowest BCUT2D eigenvalue weighted by Gasteiger charge is -2.23.